The van der Waals surface area contributed by atoms with Gasteiger partial charge in [-0.15, -0.1) is 5.10 Å². The average Bonchev–Trinajstić information content (AvgIpc) is 2.61. The van der Waals surface area contributed by atoms with Gasteiger partial charge < -0.3 is 11.1 Å². The van der Waals surface area contributed by atoms with Gasteiger partial charge in [0.1, 0.15) is 12.4 Å². The molecule has 9 heteroatoms. The highest BCUT2D eigenvalue weighted by atomic mass is 19.4. The van der Waals surface area contributed by atoms with Gasteiger partial charge in [-0.2, -0.15) is 13.2 Å². The van der Waals surface area contributed by atoms with E-state index in [9.17, 15) is 13.2 Å². The third kappa shape index (κ3) is 4.29. The van der Waals surface area contributed by atoms with Crippen molar-refractivity contribution >= 4 is 5.96 Å². The van der Waals surface area contributed by atoms with E-state index in [1.54, 1.807) is 0 Å². The molecule has 6 nitrogen and oxygen atoms in total. The number of alkyl halides is 3. The first-order valence-corrected chi connectivity index (χ1v) is 4.84. The van der Waals surface area contributed by atoms with Gasteiger partial charge in [0, 0.05) is 6.04 Å². The molecule has 0 spiro atoms. The summed E-state index contributed by atoms with van der Waals surface area (Å²) in [7, 11) is 0. The monoisotopic (exact) mass is 250 g/mol. The number of hydrogen-bond acceptors (Lipinski definition) is 3. The summed E-state index contributed by atoms with van der Waals surface area (Å²) in [5, 5.41) is 7.98. The zero-order chi connectivity index (χ0) is 13.1. The van der Waals surface area contributed by atoms with Crippen LogP contribution in [0.4, 0.5) is 13.2 Å². The highest BCUT2D eigenvalue weighted by Gasteiger charge is 2.35. The van der Waals surface area contributed by atoms with E-state index in [1.165, 1.54) is 0 Å². The number of aromatic nitrogens is 3. The van der Waals surface area contributed by atoms with Gasteiger partial charge in [0.05, 0.1) is 0 Å². The minimum Gasteiger partial charge on any atom is -0.370 e. The molecule has 1 aromatic heterocycles. The van der Waals surface area contributed by atoms with Gasteiger partial charge in [0.15, 0.2) is 5.96 Å². The van der Waals surface area contributed by atoms with Crippen LogP contribution in [0, 0.1) is 0 Å². The van der Waals surface area contributed by atoms with E-state index in [2.05, 4.69) is 25.5 Å². The molecule has 0 aliphatic rings. The molecule has 0 fully saturated rings. The maximum absolute atomic E-state index is 12.2. The van der Waals surface area contributed by atoms with E-state index < -0.39 is 12.0 Å². The van der Waals surface area contributed by atoms with Crippen LogP contribution >= 0.6 is 0 Å². The number of nitrogens with two attached hydrogens (primary N) is 1. The van der Waals surface area contributed by atoms with E-state index >= 15 is 0 Å². The molecule has 0 radical (unpaired) electrons. The summed E-state index contributed by atoms with van der Waals surface area (Å²) < 4.78 is 36.5. The lowest BCUT2D eigenvalue weighted by Crippen LogP contribution is -2.36. The summed E-state index contributed by atoms with van der Waals surface area (Å²) in [5.74, 6) is -1.06. The first kappa shape index (κ1) is 13.3. The fraction of sp³-hybridized carbons (Fsp3) is 0.625. The van der Waals surface area contributed by atoms with Crippen molar-refractivity contribution in [1.29, 1.82) is 0 Å². The first-order valence-electron chi connectivity index (χ1n) is 4.84. The molecule has 96 valence electrons. The van der Waals surface area contributed by atoms with Gasteiger partial charge in [-0.1, -0.05) is 0 Å². The predicted octanol–water partition coefficient (Wildman–Crippen LogP) is 0.636. The maximum atomic E-state index is 12.2. The summed E-state index contributed by atoms with van der Waals surface area (Å²) in [5.41, 5.74) is 5.47. The minimum atomic E-state index is -4.56. The molecule has 0 bridgehead atoms. The van der Waals surface area contributed by atoms with Crippen molar-refractivity contribution in [1.82, 2.24) is 20.5 Å². The number of rotatable bonds is 3. The van der Waals surface area contributed by atoms with E-state index in [-0.39, 0.29) is 24.4 Å². The van der Waals surface area contributed by atoms with Gasteiger partial charge in [-0.25, -0.2) is 9.98 Å². The predicted molar refractivity (Wildman–Crippen MR) is 55.0 cm³/mol. The lowest BCUT2D eigenvalue weighted by molar-refractivity contribution is -0.144. The lowest BCUT2D eigenvalue weighted by atomic mass is 10.4. The van der Waals surface area contributed by atoms with Crippen LogP contribution in [0.25, 0.3) is 0 Å². The second-order valence-corrected chi connectivity index (χ2v) is 3.60. The zero-order valence-electron chi connectivity index (χ0n) is 9.34. The second kappa shape index (κ2) is 5.02. The maximum Gasteiger partial charge on any atom is 0.453 e. The highest BCUT2D eigenvalue weighted by molar-refractivity contribution is 5.77. The SMILES string of the molecule is CC(C)NC(N)=NCc1nc(C(F)(F)F)n[nH]1. The van der Waals surface area contributed by atoms with E-state index in [0.29, 0.717) is 0 Å². The van der Waals surface area contributed by atoms with Crippen LogP contribution in [-0.2, 0) is 12.7 Å². The van der Waals surface area contributed by atoms with Crippen LogP contribution in [0.15, 0.2) is 4.99 Å². The van der Waals surface area contributed by atoms with E-state index in [4.69, 9.17) is 5.73 Å². The molecule has 0 atom stereocenters. The van der Waals surface area contributed by atoms with Crippen LogP contribution in [0.2, 0.25) is 0 Å². The second-order valence-electron chi connectivity index (χ2n) is 3.60. The number of aromatic amines is 1. The number of aliphatic imine (C=N–C) groups is 1. The summed E-state index contributed by atoms with van der Waals surface area (Å²) in [4.78, 5) is 7.06. The Hall–Kier alpha value is -1.80. The Labute approximate surface area is 95.5 Å². The largest absolute Gasteiger partial charge is 0.453 e. The van der Waals surface area contributed by atoms with Crippen molar-refractivity contribution < 1.29 is 13.2 Å². The summed E-state index contributed by atoms with van der Waals surface area (Å²) in [6, 6.07) is 0.0965. The summed E-state index contributed by atoms with van der Waals surface area (Å²) >= 11 is 0. The Balaban J connectivity index is 2.61. The summed E-state index contributed by atoms with van der Waals surface area (Å²) in [6.45, 7) is 3.63. The molecule has 0 saturated heterocycles. The minimum absolute atomic E-state index is 0.00540. The average molecular weight is 250 g/mol. The van der Waals surface area contributed by atoms with Crippen molar-refractivity contribution in [3.8, 4) is 0 Å². The van der Waals surface area contributed by atoms with Crippen molar-refractivity contribution in [3.05, 3.63) is 11.6 Å². The number of H-pyrrole nitrogens is 1. The Bertz CT molecular complexity index is 394. The smallest absolute Gasteiger partial charge is 0.370 e. The molecule has 0 unspecified atom stereocenters. The fourth-order valence-corrected chi connectivity index (χ4v) is 0.994. The standard InChI is InChI=1S/C8H13F3N6/c1-4(2)14-7(12)13-3-5-15-6(17-16-5)8(9,10)11/h4H,3H2,1-2H3,(H3,12,13,14)(H,15,16,17). The molecule has 0 saturated carbocycles. The van der Waals surface area contributed by atoms with Crippen LogP contribution in [0.1, 0.15) is 25.5 Å². The molecule has 0 aliphatic heterocycles. The van der Waals surface area contributed by atoms with Gasteiger partial charge in [0.25, 0.3) is 5.82 Å². The van der Waals surface area contributed by atoms with E-state index in [0.717, 1.165) is 0 Å². The number of nitrogens with one attached hydrogen (secondary N) is 2. The number of halogens is 3. The van der Waals surface area contributed by atoms with Crippen LogP contribution < -0.4 is 11.1 Å². The van der Waals surface area contributed by atoms with Gasteiger partial charge >= 0.3 is 6.18 Å². The van der Waals surface area contributed by atoms with E-state index in [1.807, 2.05) is 13.8 Å². The normalized spacial score (nSPS) is 13.2. The topological polar surface area (TPSA) is 92.0 Å². The first-order chi connectivity index (χ1) is 7.79. The molecule has 0 aliphatic carbocycles. The van der Waals surface area contributed by atoms with Crippen LogP contribution in [0.3, 0.4) is 0 Å². The third-order valence-electron chi connectivity index (χ3n) is 1.62. The number of hydrogen-bond donors (Lipinski definition) is 3. The highest BCUT2D eigenvalue weighted by Crippen LogP contribution is 2.25. The molecule has 1 aromatic rings. The van der Waals surface area contributed by atoms with Crippen molar-refractivity contribution in [2.45, 2.75) is 32.6 Å². The quantitative estimate of drug-likeness (QED) is 0.542. The van der Waals surface area contributed by atoms with Gasteiger partial charge in [0.2, 0.25) is 0 Å². The van der Waals surface area contributed by atoms with Crippen molar-refractivity contribution in [2.75, 3.05) is 0 Å². The molecule has 0 amide bonds. The summed E-state index contributed by atoms with van der Waals surface area (Å²) in [6.07, 6.45) is -4.56. The Morgan fingerprint density at radius 2 is 2.18 bits per heavy atom. The Morgan fingerprint density at radius 3 is 2.65 bits per heavy atom. The molecule has 1 rings (SSSR count). The Morgan fingerprint density at radius 1 is 1.53 bits per heavy atom. The van der Waals surface area contributed by atoms with Crippen LogP contribution in [0.5, 0.6) is 0 Å². The fourth-order valence-electron chi connectivity index (χ4n) is 0.994. The molecule has 1 heterocycles. The third-order valence-corrected chi connectivity index (χ3v) is 1.62. The number of guanidine groups is 1. The molecule has 4 N–H and O–H groups in total. The van der Waals surface area contributed by atoms with Crippen molar-refractivity contribution in [3.63, 3.8) is 0 Å². The molecule has 0 aromatic carbocycles. The molecule has 17 heavy (non-hydrogen) atoms. The lowest BCUT2D eigenvalue weighted by Gasteiger charge is -2.07. The van der Waals surface area contributed by atoms with Crippen molar-refractivity contribution in [2.24, 2.45) is 10.7 Å². The molecular weight excluding hydrogens is 237 g/mol. The van der Waals surface area contributed by atoms with Gasteiger partial charge in [-0.3, -0.25) is 5.10 Å². The zero-order valence-corrected chi connectivity index (χ0v) is 9.34. The Kier molecular flexibility index (Phi) is 3.92. The molecular formula is C8H13F3N6. The van der Waals surface area contributed by atoms with Crippen LogP contribution in [-0.4, -0.2) is 27.2 Å². The number of nitrogens with zero attached hydrogens (tertiary/aromatic N) is 3. The van der Waals surface area contributed by atoms with Gasteiger partial charge in [-0.05, 0) is 13.8 Å².